The SMILES string of the molecule is Cc1nc(Nc2ccc(Cl)cc2Cl)cc(C(=O)NCc2ccccn2)n1. The zero-order valence-corrected chi connectivity index (χ0v) is 15.3. The number of hydrogen-bond donors (Lipinski definition) is 2. The second-order valence-electron chi connectivity index (χ2n) is 5.44. The van der Waals surface area contributed by atoms with Gasteiger partial charge in [-0.2, -0.15) is 0 Å². The van der Waals surface area contributed by atoms with Gasteiger partial charge in [-0.25, -0.2) is 9.97 Å². The van der Waals surface area contributed by atoms with Crippen molar-refractivity contribution in [3.8, 4) is 0 Å². The van der Waals surface area contributed by atoms with Crippen molar-refractivity contribution < 1.29 is 4.79 Å². The van der Waals surface area contributed by atoms with E-state index >= 15 is 0 Å². The van der Waals surface area contributed by atoms with E-state index in [1.54, 1.807) is 37.4 Å². The molecule has 0 aliphatic heterocycles. The number of anilines is 2. The number of rotatable bonds is 5. The van der Waals surface area contributed by atoms with E-state index in [4.69, 9.17) is 23.2 Å². The Bertz CT molecular complexity index is 934. The number of nitrogens with one attached hydrogen (secondary N) is 2. The lowest BCUT2D eigenvalue weighted by Gasteiger charge is -2.10. The number of aryl methyl sites for hydroxylation is 1. The third-order valence-corrected chi connectivity index (χ3v) is 3.97. The molecule has 132 valence electrons. The van der Waals surface area contributed by atoms with E-state index in [2.05, 4.69) is 25.6 Å². The summed E-state index contributed by atoms with van der Waals surface area (Å²) >= 11 is 12.1. The van der Waals surface area contributed by atoms with Gasteiger partial charge in [0.15, 0.2) is 0 Å². The number of amides is 1. The zero-order chi connectivity index (χ0) is 18.5. The molecule has 0 spiro atoms. The fraction of sp³-hybridized carbons (Fsp3) is 0.111. The van der Waals surface area contributed by atoms with Gasteiger partial charge < -0.3 is 10.6 Å². The molecule has 2 aromatic heterocycles. The van der Waals surface area contributed by atoms with Crippen molar-refractivity contribution in [2.24, 2.45) is 0 Å². The Hall–Kier alpha value is -2.70. The number of carbonyl (C=O) groups excluding carboxylic acids is 1. The van der Waals surface area contributed by atoms with Gasteiger partial charge in [0.05, 0.1) is 22.9 Å². The van der Waals surface area contributed by atoms with E-state index in [9.17, 15) is 4.79 Å². The summed E-state index contributed by atoms with van der Waals surface area (Å²) in [6, 6.07) is 12.2. The Morgan fingerprint density at radius 1 is 1.12 bits per heavy atom. The highest BCUT2D eigenvalue weighted by molar-refractivity contribution is 6.36. The summed E-state index contributed by atoms with van der Waals surface area (Å²) in [6.45, 7) is 2.03. The quantitative estimate of drug-likeness (QED) is 0.686. The molecule has 26 heavy (non-hydrogen) atoms. The van der Waals surface area contributed by atoms with Crippen molar-refractivity contribution in [2.75, 3.05) is 5.32 Å². The van der Waals surface area contributed by atoms with Crippen molar-refractivity contribution >= 4 is 40.6 Å². The molecule has 1 aromatic carbocycles. The zero-order valence-electron chi connectivity index (χ0n) is 13.8. The van der Waals surface area contributed by atoms with E-state index < -0.39 is 0 Å². The van der Waals surface area contributed by atoms with Crippen LogP contribution in [0.25, 0.3) is 0 Å². The maximum atomic E-state index is 12.4. The van der Waals surface area contributed by atoms with Crippen molar-refractivity contribution in [1.82, 2.24) is 20.3 Å². The Morgan fingerprint density at radius 3 is 2.69 bits per heavy atom. The molecule has 0 atom stereocenters. The lowest BCUT2D eigenvalue weighted by atomic mass is 10.3. The van der Waals surface area contributed by atoms with Gasteiger partial charge in [-0.05, 0) is 37.3 Å². The first-order chi connectivity index (χ1) is 12.5. The minimum Gasteiger partial charge on any atom is -0.345 e. The minimum absolute atomic E-state index is 0.251. The molecule has 0 radical (unpaired) electrons. The van der Waals surface area contributed by atoms with Crippen molar-refractivity contribution in [3.05, 3.63) is 75.9 Å². The number of aromatic nitrogens is 3. The second-order valence-corrected chi connectivity index (χ2v) is 6.28. The molecular formula is C18H15Cl2N5O. The van der Waals surface area contributed by atoms with Crippen molar-refractivity contribution in [3.63, 3.8) is 0 Å². The van der Waals surface area contributed by atoms with Crippen LogP contribution in [0.15, 0.2) is 48.7 Å². The molecule has 0 unspecified atom stereocenters. The van der Waals surface area contributed by atoms with Crippen LogP contribution in [0, 0.1) is 6.92 Å². The van der Waals surface area contributed by atoms with Crippen LogP contribution in [0.2, 0.25) is 10.0 Å². The number of nitrogens with zero attached hydrogens (tertiary/aromatic N) is 3. The number of benzene rings is 1. The molecule has 0 aliphatic rings. The van der Waals surface area contributed by atoms with Crippen LogP contribution in [0.3, 0.4) is 0 Å². The Kier molecular flexibility index (Phi) is 5.65. The van der Waals surface area contributed by atoms with Crippen LogP contribution in [0.4, 0.5) is 11.5 Å². The molecule has 0 aliphatic carbocycles. The summed E-state index contributed by atoms with van der Waals surface area (Å²) in [7, 11) is 0. The van der Waals surface area contributed by atoms with E-state index in [1.807, 2.05) is 18.2 Å². The van der Waals surface area contributed by atoms with Crippen LogP contribution < -0.4 is 10.6 Å². The third-order valence-electron chi connectivity index (χ3n) is 3.42. The maximum Gasteiger partial charge on any atom is 0.270 e. The molecule has 8 heteroatoms. The van der Waals surface area contributed by atoms with Gasteiger partial charge in [0.2, 0.25) is 0 Å². The fourth-order valence-electron chi connectivity index (χ4n) is 2.24. The molecule has 0 fully saturated rings. The lowest BCUT2D eigenvalue weighted by Crippen LogP contribution is -2.24. The van der Waals surface area contributed by atoms with Crippen LogP contribution in [0.5, 0.6) is 0 Å². The third kappa shape index (κ3) is 4.68. The molecule has 0 bridgehead atoms. The first-order valence-corrected chi connectivity index (χ1v) is 8.53. The van der Waals surface area contributed by atoms with Gasteiger partial charge in [0.25, 0.3) is 5.91 Å². The van der Waals surface area contributed by atoms with Gasteiger partial charge in [0.1, 0.15) is 17.3 Å². The highest BCUT2D eigenvalue weighted by Crippen LogP contribution is 2.27. The van der Waals surface area contributed by atoms with Gasteiger partial charge in [-0.1, -0.05) is 29.3 Å². The second kappa shape index (κ2) is 8.12. The molecule has 3 aromatic rings. The largest absolute Gasteiger partial charge is 0.345 e. The molecule has 1 amide bonds. The molecular weight excluding hydrogens is 373 g/mol. The van der Waals surface area contributed by atoms with E-state index in [0.29, 0.717) is 33.9 Å². The van der Waals surface area contributed by atoms with E-state index in [-0.39, 0.29) is 11.6 Å². The van der Waals surface area contributed by atoms with Crippen molar-refractivity contribution in [1.29, 1.82) is 0 Å². The highest BCUT2D eigenvalue weighted by Gasteiger charge is 2.12. The maximum absolute atomic E-state index is 12.4. The van der Waals surface area contributed by atoms with Gasteiger partial charge >= 0.3 is 0 Å². The summed E-state index contributed by atoms with van der Waals surface area (Å²) in [4.78, 5) is 25.0. The summed E-state index contributed by atoms with van der Waals surface area (Å²) in [5, 5.41) is 6.85. The summed E-state index contributed by atoms with van der Waals surface area (Å²) in [5.74, 6) is 0.610. The molecule has 2 heterocycles. The van der Waals surface area contributed by atoms with Crippen LogP contribution >= 0.6 is 23.2 Å². The van der Waals surface area contributed by atoms with Gasteiger partial charge in [0, 0.05) is 17.3 Å². The topological polar surface area (TPSA) is 79.8 Å². The highest BCUT2D eigenvalue weighted by atomic mass is 35.5. The predicted molar refractivity (Wildman–Crippen MR) is 102 cm³/mol. The van der Waals surface area contributed by atoms with E-state index in [1.165, 1.54) is 0 Å². The van der Waals surface area contributed by atoms with Gasteiger partial charge in [-0.15, -0.1) is 0 Å². The molecule has 0 saturated heterocycles. The van der Waals surface area contributed by atoms with Crippen LogP contribution in [-0.4, -0.2) is 20.9 Å². The predicted octanol–water partition coefficient (Wildman–Crippen LogP) is 4.16. The average molecular weight is 388 g/mol. The first-order valence-electron chi connectivity index (χ1n) is 7.77. The van der Waals surface area contributed by atoms with Crippen LogP contribution in [0.1, 0.15) is 22.0 Å². The molecule has 3 rings (SSSR count). The average Bonchev–Trinajstić information content (AvgIpc) is 2.62. The van der Waals surface area contributed by atoms with Crippen molar-refractivity contribution in [2.45, 2.75) is 13.5 Å². The minimum atomic E-state index is -0.314. The smallest absolute Gasteiger partial charge is 0.270 e. The number of hydrogen-bond acceptors (Lipinski definition) is 5. The Balaban J connectivity index is 1.75. The number of halogens is 2. The Labute approximate surface area is 160 Å². The van der Waals surface area contributed by atoms with Gasteiger partial charge in [-0.3, -0.25) is 9.78 Å². The summed E-state index contributed by atoms with van der Waals surface area (Å²) < 4.78 is 0. The summed E-state index contributed by atoms with van der Waals surface area (Å²) in [5.41, 5.74) is 1.65. The molecule has 0 saturated carbocycles. The lowest BCUT2D eigenvalue weighted by molar-refractivity contribution is 0.0945. The van der Waals surface area contributed by atoms with E-state index in [0.717, 1.165) is 5.69 Å². The monoisotopic (exact) mass is 387 g/mol. The Morgan fingerprint density at radius 2 is 1.96 bits per heavy atom. The molecule has 6 nitrogen and oxygen atoms in total. The number of pyridine rings is 1. The fourth-order valence-corrected chi connectivity index (χ4v) is 2.70. The standard InChI is InChI=1S/C18H15Cl2N5O/c1-11-23-16(18(26)22-10-13-4-2-3-7-21-13)9-17(24-11)25-15-6-5-12(19)8-14(15)20/h2-9H,10H2,1H3,(H,22,26)(H,23,24,25). The first kappa shape index (κ1) is 18.1. The normalized spacial score (nSPS) is 10.4. The molecule has 2 N–H and O–H groups in total. The van der Waals surface area contributed by atoms with Crippen LogP contribution in [-0.2, 0) is 6.54 Å². The summed E-state index contributed by atoms with van der Waals surface area (Å²) in [6.07, 6.45) is 1.67. The number of carbonyl (C=O) groups is 1.